The molecule has 0 bridgehead atoms. The van der Waals surface area contributed by atoms with Gasteiger partial charge in [0.05, 0.1) is 11.9 Å². The van der Waals surface area contributed by atoms with E-state index in [2.05, 4.69) is 41.5 Å². The minimum atomic E-state index is -5.08. The number of carbonyl (C=O) groups excluding carboxylic acids is 1. The number of aromatic nitrogens is 1. The lowest BCUT2D eigenvalue weighted by Gasteiger charge is -2.34. The number of aliphatic carboxylic acids is 1. The van der Waals surface area contributed by atoms with Gasteiger partial charge in [-0.25, -0.2) is 9.59 Å². The van der Waals surface area contributed by atoms with Crippen molar-refractivity contribution < 1.29 is 32.3 Å². The van der Waals surface area contributed by atoms with E-state index in [1.165, 1.54) is 11.1 Å². The Bertz CT molecular complexity index is 1200. The number of hydrogen-bond acceptors (Lipinski definition) is 5. The van der Waals surface area contributed by atoms with Crippen LogP contribution in [-0.4, -0.2) is 52.7 Å². The molecule has 3 aromatic rings. The third-order valence-corrected chi connectivity index (χ3v) is 5.40. The third-order valence-electron chi connectivity index (χ3n) is 5.40. The van der Waals surface area contributed by atoms with Gasteiger partial charge < -0.3 is 19.7 Å². The van der Waals surface area contributed by atoms with Crippen LogP contribution >= 0.6 is 0 Å². The fraction of sp³-hybridized carbons (Fsp3) is 0.348. The number of amides is 1. The maximum Gasteiger partial charge on any atom is 0.490 e. The molecule has 0 aliphatic carbocycles. The highest BCUT2D eigenvalue weighted by Gasteiger charge is 2.38. The highest BCUT2D eigenvalue weighted by atomic mass is 19.4. The monoisotopic (exact) mass is 479 g/mol. The number of carbonyl (C=O) groups is 2. The number of H-pyrrole nitrogens is 1. The average molecular weight is 479 g/mol. The summed E-state index contributed by atoms with van der Waals surface area (Å²) < 4.78 is 36.7. The molecule has 182 valence electrons. The summed E-state index contributed by atoms with van der Waals surface area (Å²) in [5.74, 6) is -3.14. The summed E-state index contributed by atoms with van der Waals surface area (Å²) in [6.45, 7) is 4.28. The Labute approximate surface area is 192 Å². The number of hydrogen-bond donors (Lipinski definition) is 3. The van der Waals surface area contributed by atoms with Gasteiger partial charge in [0.2, 0.25) is 5.91 Å². The Morgan fingerprint density at radius 3 is 2.41 bits per heavy atom. The Kier molecular flexibility index (Phi) is 7.77. The van der Waals surface area contributed by atoms with Crippen molar-refractivity contribution >= 4 is 23.0 Å². The Hall–Kier alpha value is -3.60. The number of nitrogens with zero attached hydrogens (tertiary/aromatic N) is 1. The topological polar surface area (TPSA) is 116 Å². The molecule has 2 aromatic carbocycles. The largest absolute Gasteiger partial charge is 0.490 e. The number of oxazole rings is 1. The number of halogens is 3. The van der Waals surface area contributed by atoms with Crippen LogP contribution in [0.3, 0.4) is 0 Å². The summed E-state index contributed by atoms with van der Waals surface area (Å²) in [6.07, 6.45) is -3.75. The van der Waals surface area contributed by atoms with Gasteiger partial charge in [0, 0.05) is 25.7 Å². The van der Waals surface area contributed by atoms with Crippen molar-refractivity contribution in [1.29, 1.82) is 0 Å². The second-order valence-electron chi connectivity index (χ2n) is 7.77. The molecule has 11 heteroatoms. The summed E-state index contributed by atoms with van der Waals surface area (Å²) >= 11 is 0. The Morgan fingerprint density at radius 2 is 1.79 bits per heavy atom. The van der Waals surface area contributed by atoms with Gasteiger partial charge in [-0.3, -0.25) is 9.78 Å². The first-order chi connectivity index (χ1) is 16.1. The molecule has 4 rings (SSSR count). The first kappa shape index (κ1) is 25.0. The van der Waals surface area contributed by atoms with E-state index in [0.29, 0.717) is 30.6 Å². The minimum Gasteiger partial charge on any atom is -0.475 e. The van der Waals surface area contributed by atoms with Crippen LogP contribution in [0.5, 0.6) is 0 Å². The second kappa shape index (κ2) is 10.6. The standard InChI is InChI=1S/C21H23N3O3.C2HF3O2/c1-2-14-3-6-16(7-4-14)18-13-24(10-9-22-18)20(25)12-15-5-8-19-17(11-15)23-21(26)27-19;3-2(4,5)1(6)7/h3-8,11,18,22H,2,9-10,12-13H2,1H3,(H,23,26);(H,6,7). The van der Waals surface area contributed by atoms with Gasteiger partial charge in [0.25, 0.3) is 0 Å². The number of nitrogens with one attached hydrogen (secondary N) is 2. The lowest BCUT2D eigenvalue weighted by Crippen LogP contribution is -2.48. The molecule has 1 fully saturated rings. The van der Waals surface area contributed by atoms with E-state index in [1.54, 1.807) is 12.1 Å². The van der Waals surface area contributed by atoms with Gasteiger partial charge >= 0.3 is 17.9 Å². The van der Waals surface area contributed by atoms with Gasteiger partial charge in [-0.1, -0.05) is 37.3 Å². The van der Waals surface area contributed by atoms with Crippen molar-refractivity contribution in [3.8, 4) is 0 Å². The zero-order valence-corrected chi connectivity index (χ0v) is 18.3. The van der Waals surface area contributed by atoms with Crippen LogP contribution in [0.25, 0.3) is 11.1 Å². The van der Waals surface area contributed by atoms with Crippen LogP contribution in [0.1, 0.15) is 29.7 Å². The lowest BCUT2D eigenvalue weighted by molar-refractivity contribution is -0.192. The molecule has 1 aromatic heterocycles. The first-order valence-corrected chi connectivity index (χ1v) is 10.6. The smallest absolute Gasteiger partial charge is 0.475 e. The third kappa shape index (κ3) is 6.47. The Morgan fingerprint density at radius 1 is 1.15 bits per heavy atom. The molecule has 1 unspecified atom stereocenters. The predicted molar refractivity (Wildman–Crippen MR) is 117 cm³/mol. The molecular weight excluding hydrogens is 455 g/mol. The van der Waals surface area contributed by atoms with Gasteiger partial charge in [-0.15, -0.1) is 0 Å². The van der Waals surface area contributed by atoms with Gasteiger partial charge in [-0.05, 0) is 35.2 Å². The number of aryl methyl sites for hydroxylation is 1. The minimum absolute atomic E-state index is 0.0943. The molecule has 2 heterocycles. The van der Waals surface area contributed by atoms with E-state index >= 15 is 0 Å². The Balaban J connectivity index is 0.000000406. The molecular formula is C23H24F3N3O5. The van der Waals surface area contributed by atoms with Crippen molar-refractivity contribution in [3.05, 3.63) is 69.7 Å². The van der Waals surface area contributed by atoms with E-state index < -0.39 is 17.9 Å². The molecule has 34 heavy (non-hydrogen) atoms. The zero-order chi connectivity index (χ0) is 24.9. The molecule has 1 atom stereocenters. The molecule has 0 saturated carbocycles. The molecule has 1 aliphatic rings. The normalized spacial score (nSPS) is 16.1. The number of alkyl halides is 3. The number of aromatic amines is 1. The van der Waals surface area contributed by atoms with Crippen LogP contribution in [0, 0.1) is 0 Å². The molecule has 1 aliphatic heterocycles. The van der Waals surface area contributed by atoms with Crippen molar-refractivity contribution in [2.75, 3.05) is 19.6 Å². The van der Waals surface area contributed by atoms with Crippen molar-refractivity contribution in [2.24, 2.45) is 0 Å². The van der Waals surface area contributed by atoms with Crippen LogP contribution in [0.15, 0.2) is 51.7 Å². The maximum absolute atomic E-state index is 12.8. The molecule has 8 nitrogen and oxygen atoms in total. The highest BCUT2D eigenvalue weighted by molar-refractivity contribution is 5.81. The summed E-state index contributed by atoms with van der Waals surface area (Å²) in [5, 5.41) is 10.6. The first-order valence-electron chi connectivity index (χ1n) is 10.6. The van der Waals surface area contributed by atoms with Crippen LogP contribution < -0.4 is 11.1 Å². The number of carboxylic acid groups (broad SMARTS) is 1. The van der Waals surface area contributed by atoms with Crippen LogP contribution in [0.4, 0.5) is 13.2 Å². The lowest BCUT2D eigenvalue weighted by atomic mass is 10.0. The summed E-state index contributed by atoms with van der Waals surface area (Å²) in [7, 11) is 0. The summed E-state index contributed by atoms with van der Waals surface area (Å²) in [4.78, 5) is 37.5. The number of benzene rings is 2. The number of rotatable bonds is 4. The summed E-state index contributed by atoms with van der Waals surface area (Å²) in [6, 6.07) is 14.1. The quantitative estimate of drug-likeness (QED) is 0.530. The zero-order valence-electron chi connectivity index (χ0n) is 18.3. The molecule has 1 saturated heterocycles. The van der Waals surface area contributed by atoms with E-state index in [0.717, 1.165) is 18.5 Å². The SMILES string of the molecule is CCc1ccc(C2CN(C(=O)Cc3ccc4oc(=O)[nH]c4c3)CCN2)cc1.O=C(O)C(F)(F)F. The molecule has 1 amide bonds. The molecule has 0 radical (unpaired) electrons. The van der Waals surface area contributed by atoms with E-state index in [-0.39, 0.29) is 11.9 Å². The molecule has 0 spiro atoms. The summed E-state index contributed by atoms with van der Waals surface area (Å²) in [5.41, 5.74) is 4.53. The number of fused-ring (bicyclic) bond motifs is 1. The van der Waals surface area contributed by atoms with Crippen LogP contribution in [-0.2, 0) is 22.4 Å². The van der Waals surface area contributed by atoms with E-state index in [1.807, 2.05) is 11.0 Å². The van der Waals surface area contributed by atoms with Gasteiger partial charge in [0.15, 0.2) is 5.58 Å². The van der Waals surface area contributed by atoms with Crippen LogP contribution in [0.2, 0.25) is 0 Å². The van der Waals surface area contributed by atoms with Gasteiger partial charge in [0.1, 0.15) is 0 Å². The number of piperazine rings is 1. The molecule has 3 N–H and O–H groups in total. The predicted octanol–water partition coefficient (Wildman–Crippen LogP) is 3.03. The van der Waals surface area contributed by atoms with Crippen molar-refractivity contribution in [3.63, 3.8) is 0 Å². The maximum atomic E-state index is 12.8. The fourth-order valence-corrected chi connectivity index (χ4v) is 3.58. The number of carboxylic acids is 1. The highest BCUT2D eigenvalue weighted by Crippen LogP contribution is 2.20. The fourth-order valence-electron chi connectivity index (χ4n) is 3.58. The average Bonchev–Trinajstić information content (AvgIpc) is 3.18. The van der Waals surface area contributed by atoms with E-state index in [4.69, 9.17) is 14.3 Å². The van der Waals surface area contributed by atoms with Crippen molar-refractivity contribution in [1.82, 2.24) is 15.2 Å². The van der Waals surface area contributed by atoms with Gasteiger partial charge in [-0.2, -0.15) is 13.2 Å². The second-order valence-corrected chi connectivity index (χ2v) is 7.77. The van der Waals surface area contributed by atoms with Crippen molar-refractivity contribution in [2.45, 2.75) is 32.0 Å². The van der Waals surface area contributed by atoms with E-state index in [9.17, 15) is 22.8 Å².